The van der Waals surface area contributed by atoms with E-state index in [2.05, 4.69) is 38.3 Å². The minimum atomic E-state index is 0.347. The third kappa shape index (κ3) is 2.17. The van der Waals surface area contributed by atoms with Crippen molar-refractivity contribution in [1.29, 1.82) is 0 Å². The molecule has 1 N–H and O–H groups in total. The van der Waals surface area contributed by atoms with Crippen molar-refractivity contribution >= 4 is 27.3 Å². The summed E-state index contributed by atoms with van der Waals surface area (Å²) in [7, 11) is 0. The number of hydrogen-bond acceptors (Lipinski definition) is 5. The Balaban J connectivity index is 1.87. The molecule has 2 aromatic rings. The van der Waals surface area contributed by atoms with E-state index in [0.29, 0.717) is 17.7 Å². The fraction of sp³-hybridized carbons (Fsp3) is 0.455. The SMILES string of the molecule is CC1CNCC1c1nc(-c2cc(Br)cs2)no1. The minimum absolute atomic E-state index is 0.347. The van der Waals surface area contributed by atoms with E-state index < -0.39 is 0 Å². The van der Waals surface area contributed by atoms with Gasteiger partial charge in [0, 0.05) is 16.4 Å². The van der Waals surface area contributed by atoms with Gasteiger partial charge in [0.2, 0.25) is 11.7 Å². The van der Waals surface area contributed by atoms with Crippen LogP contribution in [0.3, 0.4) is 0 Å². The molecule has 1 saturated heterocycles. The van der Waals surface area contributed by atoms with Gasteiger partial charge in [0.15, 0.2) is 0 Å². The first-order valence-electron chi connectivity index (χ1n) is 5.53. The Morgan fingerprint density at radius 3 is 3.06 bits per heavy atom. The van der Waals surface area contributed by atoms with E-state index in [9.17, 15) is 0 Å². The first-order valence-corrected chi connectivity index (χ1v) is 7.20. The van der Waals surface area contributed by atoms with Crippen LogP contribution in [-0.4, -0.2) is 23.2 Å². The first kappa shape index (κ1) is 11.4. The highest BCUT2D eigenvalue weighted by molar-refractivity contribution is 9.10. The smallest absolute Gasteiger partial charge is 0.231 e. The predicted octanol–water partition coefficient (Wildman–Crippen LogP) is 2.88. The highest BCUT2D eigenvalue weighted by atomic mass is 79.9. The van der Waals surface area contributed by atoms with Crippen LogP contribution in [0.15, 0.2) is 20.4 Å². The summed E-state index contributed by atoms with van der Waals surface area (Å²) in [5, 5.41) is 9.41. The van der Waals surface area contributed by atoms with Gasteiger partial charge in [-0.3, -0.25) is 0 Å². The monoisotopic (exact) mass is 313 g/mol. The maximum Gasteiger partial charge on any atom is 0.231 e. The summed E-state index contributed by atoms with van der Waals surface area (Å²) in [6.07, 6.45) is 0. The third-order valence-electron chi connectivity index (χ3n) is 3.06. The second-order valence-electron chi connectivity index (χ2n) is 4.33. The summed E-state index contributed by atoms with van der Waals surface area (Å²) in [6.45, 7) is 4.15. The zero-order valence-corrected chi connectivity index (χ0v) is 11.7. The molecule has 1 fully saturated rings. The number of nitrogens with one attached hydrogen (secondary N) is 1. The summed E-state index contributed by atoms with van der Waals surface area (Å²) in [6, 6.07) is 2.01. The molecular weight excluding hydrogens is 302 g/mol. The summed E-state index contributed by atoms with van der Waals surface area (Å²) in [5.41, 5.74) is 0. The normalized spacial score (nSPS) is 24.4. The fourth-order valence-corrected chi connectivity index (χ4v) is 3.41. The van der Waals surface area contributed by atoms with E-state index in [-0.39, 0.29) is 0 Å². The lowest BCUT2D eigenvalue weighted by atomic mass is 9.98. The van der Waals surface area contributed by atoms with E-state index in [1.54, 1.807) is 11.3 Å². The van der Waals surface area contributed by atoms with Crippen LogP contribution in [0, 0.1) is 5.92 Å². The van der Waals surface area contributed by atoms with Crippen LogP contribution < -0.4 is 5.32 Å². The fourth-order valence-electron chi connectivity index (χ4n) is 2.06. The molecule has 0 spiro atoms. The van der Waals surface area contributed by atoms with Crippen LogP contribution in [-0.2, 0) is 0 Å². The number of halogens is 1. The van der Waals surface area contributed by atoms with Gasteiger partial charge >= 0.3 is 0 Å². The number of rotatable bonds is 2. The summed E-state index contributed by atoms with van der Waals surface area (Å²) in [5.74, 6) is 2.34. The van der Waals surface area contributed by atoms with Crippen LogP contribution in [0.25, 0.3) is 10.7 Å². The van der Waals surface area contributed by atoms with Gasteiger partial charge in [-0.2, -0.15) is 4.98 Å². The van der Waals surface area contributed by atoms with Crippen molar-refractivity contribution in [2.75, 3.05) is 13.1 Å². The first-order chi connectivity index (χ1) is 8.24. The maximum absolute atomic E-state index is 5.37. The number of aromatic nitrogens is 2. The van der Waals surface area contributed by atoms with Gasteiger partial charge in [0.25, 0.3) is 0 Å². The average Bonchev–Trinajstić information content (AvgIpc) is 2.97. The molecule has 2 aromatic heterocycles. The zero-order valence-electron chi connectivity index (χ0n) is 9.31. The van der Waals surface area contributed by atoms with Crippen LogP contribution in [0.4, 0.5) is 0 Å². The molecule has 6 heteroatoms. The van der Waals surface area contributed by atoms with Crippen molar-refractivity contribution in [3.8, 4) is 10.7 Å². The van der Waals surface area contributed by atoms with E-state index in [0.717, 1.165) is 28.3 Å². The molecule has 3 rings (SSSR count). The topological polar surface area (TPSA) is 51.0 Å². The van der Waals surface area contributed by atoms with Crippen molar-refractivity contribution in [2.45, 2.75) is 12.8 Å². The van der Waals surface area contributed by atoms with E-state index >= 15 is 0 Å². The number of thiophene rings is 1. The van der Waals surface area contributed by atoms with Crippen LogP contribution >= 0.6 is 27.3 Å². The Morgan fingerprint density at radius 1 is 1.53 bits per heavy atom. The van der Waals surface area contributed by atoms with E-state index in [1.807, 2.05) is 11.4 Å². The molecule has 90 valence electrons. The van der Waals surface area contributed by atoms with E-state index in [1.165, 1.54) is 0 Å². The lowest BCUT2D eigenvalue weighted by Gasteiger charge is -2.07. The van der Waals surface area contributed by atoms with Gasteiger partial charge in [0.05, 0.1) is 10.8 Å². The van der Waals surface area contributed by atoms with Gasteiger partial charge in [-0.25, -0.2) is 0 Å². The largest absolute Gasteiger partial charge is 0.339 e. The van der Waals surface area contributed by atoms with Crippen molar-refractivity contribution in [3.63, 3.8) is 0 Å². The summed E-state index contributed by atoms with van der Waals surface area (Å²) < 4.78 is 6.43. The second-order valence-corrected chi connectivity index (χ2v) is 6.15. The quantitative estimate of drug-likeness (QED) is 0.926. The van der Waals surface area contributed by atoms with Gasteiger partial charge < -0.3 is 9.84 Å². The molecule has 0 amide bonds. The molecule has 3 heterocycles. The molecule has 0 saturated carbocycles. The third-order valence-corrected chi connectivity index (χ3v) is 4.75. The van der Waals surface area contributed by atoms with Gasteiger partial charge in [-0.05, 0) is 34.5 Å². The Labute approximate surface area is 112 Å². The minimum Gasteiger partial charge on any atom is -0.339 e. The van der Waals surface area contributed by atoms with Crippen molar-refractivity contribution in [2.24, 2.45) is 5.92 Å². The lowest BCUT2D eigenvalue weighted by Crippen LogP contribution is -2.08. The average molecular weight is 314 g/mol. The molecule has 17 heavy (non-hydrogen) atoms. The second kappa shape index (κ2) is 4.51. The molecule has 4 nitrogen and oxygen atoms in total. The molecule has 0 radical (unpaired) electrons. The molecule has 0 aromatic carbocycles. The molecule has 1 aliphatic heterocycles. The molecule has 0 bridgehead atoms. The standard InChI is InChI=1S/C11H12BrN3OS/c1-6-3-13-4-8(6)11-14-10(15-16-11)9-2-7(12)5-17-9/h2,5-6,8,13H,3-4H2,1H3. The van der Waals surface area contributed by atoms with Gasteiger partial charge in [0.1, 0.15) is 0 Å². The Bertz CT molecular complexity index is 524. The van der Waals surface area contributed by atoms with Crippen LogP contribution in [0.5, 0.6) is 0 Å². The van der Waals surface area contributed by atoms with Gasteiger partial charge in [-0.15, -0.1) is 11.3 Å². The van der Waals surface area contributed by atoms with Crippen molar-refractivity contribution < 1.29 is 4.52 Å². The van der Waals surface area contributed by atoms with E-state index in [4.69, 9.17) is 4.52 Å². The summed E-state index contributed by atoms with van der Waals surface area (Å²) in [4.78, 5) is 5.53. The van der Waals surface area contributed by atoms with Crippen molar-refractivity contribution in [1.82, 2.24) is 15.5 Å². The molecule has 2 unspecified atom stereocenters. The van der Waals surface area contributed by atoms with Crippen molar-refractivity contribution in [3.05, 3.63) is 21.8 Å². The highest BCUT2D eigenvalue weighted by Gasteiger charge is 2.29. The summed E-state index contributed by atoms with van der Waals surface area (Å²) >= 11 is 5.04. The number of hydrogen-bond donors (Lipinski definition) is 1. The van der Waals surface area contributed by atoms with Gasteiger partial charge in [-0.1, -0.05) is 12.1 Å². The predicted molar refractivity (Wildman–Crippen MR) is 70.1 cm³/mol. The maximum atomic E-state index is 5.37. The number of nitrogens with zero attached hydrogens (tertiary/aromatic N) is 2. The Morgan fingerprint density at radius 2 is 2.41 bits per heavy atom. The molecular formula is C11H12BrN3OS. The van der Waals surface area contributed by atoms with Crippen LogP contribution in [0.1, 0.15) is 18.7 Å². The zero-order chi connectivity index (χ0) is 11.8. The molecule has 0 aliphatic carbocycles. The lowest BCUT2D eigenvalue weighted by molar-refractivity contribution is 0.340. The molecule has 2 atom stereocenters. The Hall–Kier alpha value is -0.720. The Kier molecular flexibility index (Phi) is 3.02. The molecule has 1 aliphatic rings. The highest BCUT2D eigenvalue weighted by Crippen LogP contribution is 2.31. The van der Waals surface area contributed by atoms with Crippen LogP contribution in [0.2, 0.25) is 0 Å².